The SMILES string of the molecule is CNc1cnc(C(N)=O)c(Nc2ccc(N3CCOCC3)cc2)n1. The molecule has 24 heavy (non-hydrogen) atoms. The number of nitrogens with zero attached hydrogens (tertiary/aromatic N) is 3. The molecule has 0 unspecified atom stereocenters. The van der Waals surface area contributed by atoms with Crippen LogP contribution in [0, 0.1) is 0 Å². The van der Waals surface area contributed by atoms with Crippen molar-refractivity contribution in [2.24, 2.45) is 5.73 Å². The first-order chi connectivity index (χ1) is 11.7. The van der Waals surface area contributed by atoms with Gasteiger partial charge in [0.1, 0.15) is 5.82 Å². The molecule has 3 rings (SSSR count). The number of anilines is 4. The molecule has 1 aliphatic rings. The summed E-state index contributed by atoms with van der Waals surface area (Å²) in [5.41, 5.74) is 7.40. The Morgan fingerprint density at radius 3 is 2.58 bits per heavy atom. The van der Waals surface area contributed by atoms with Gasteiger partial charge in [-0.15, -0.1) is 0 Å². The smallest absolute Gasteiger partial charge is 0.271 e. The maximum absolute atomic E-state index is 11.5. The molecule has 0 radical (unpaired) electrons. The molecule has 8 heteroatoms. The van der Waals surface area contributed by atoms with E-state index < -0.39 is 5.91 Å². The van der Waals surface area contributed by atoms with Crippen LogP contribution in [-0.4, -0.2) is 49.2 Å². The zero-order chi connectivity index (χ0) is 16.9. The van der Waals surface area contributed by atoms with Crippen molar-refractivity contribution in [1.29, 1.82) is 0 Å². The predicted octanol–water partition coefficient (Wildman–Crippen LogP) is 1.20. The number of hydrogen-bond donors (Lipinski definition) is 3. The Labute approximate surface area is 140 Å². The van der Waals surface area contributed by atoms with E-state index in [1.807, 2.05) is 24.3 Å². The molecule has 1 aromatic carbocycles. The first-order valence-electron chi connectivity index (χ1n) is 7.72. The molecule has 0 bridgehead atoms. The van der Waals surface area contributed by atoms with Crippen LogP contribution in [0.3, 0.4) is 0 Å². The van der Waals surface area contributed by atoms with Crippen LogP contribution < -0.4 is 21.3 Å². The van der Waals surface area contributed by atoms with Gasteiger partial charge >= 0.3 is 0 Å². The number of benzene rings is 1. The summed E-state index contributed by atoms with van der Waals surface area (Å²) in [6.45, 7) is 3.26. The van der Waals surface area contributed by atoms with Crippen molar-refractivity contribution in [2.75, 3.05) is 48.9 Å². The molecule has 0 spiro atoms. The van der Waals surface area contributed by atoms with Crippen LogP contribution >= 0.6 is 0 Å². The molecule has 0 saturated carbocycles. The van der Waals surface area contributed by atoms with Gasteiger partial charge in [0.2, 0.25) is 0 Å². The third-order valence-electron chi connectivity index (χ3n) is 3.77. The van der Waals surface area contributed by atoms with Crippen molar-refractivity contribution in [1.82, 2.24) is 9.97 Å². The molecule has 1 saturated heterocycles. The highest BCUT2D eigenvalue weighted by Gasteiger charge is 2.14. The van der Waals surface area contributed by atoms with Gasteiger partial charge in [0.15, 0.2) is 11.5 Å². The fraction of sp³-hybridized carbons (Fsp3) is 0.312. The van der Waals surface area contributed by atoms with Crippen LogP contribution in [-0.2, 0) is 4.74 Å². The lowest BCUT2D eigenvalue weighted by molar-refractivity contribution is 0.0996. The van der Waals surface area contributed by atoms with Crippen molar-refractivity contribution >= 4 is 28.9 Å². The summed E-state index contributed by atoms with van der Waals surface area (Å²) in [7, 11) is 1.73. The lowest BCUT2D eigenvalue weighted by Gasteiger charge is -2.28. The molecule has 2 aromatic rings. The van der Waals surface area contributed by atoms with Gasteiger partial charge in [-0.1, -0.05) is 0 Å². The second-order valence-corrected chi connectivity index (χ2v) is 5.34. The van der Waals surface area contributed by atoms with Gasteiger partial charge in [-0.2, -0.15) is 0 Å². The molecule has 126 valence electrons. The summed E-state index contributed by atoms with van der Waals surface area (Å²) in [5, 5.41) is 5.99. The number of hydrogen-bond acceptors (Lipinski definition) is 7. The molecule has 0 aliphatic carbocycles. The number of amides is 1. The summed E-state index contributed by atoms with van der Waals surface area (Å²) < 4.78 is 5.36. The second-order valence-electron chi connectivity index (χ2n) is 5.34. The lowest BCUT2D eigenvalue weighted by Crippen LogP contribution is -2.36. The summed E-state index contributed by atoms with van der Waals surface area (Å²) >= 11 is 0. The average molecular weight is 328 g/mol. The van der Waals surface area contributed by atoms with E-state index >= 15 is 0 Å². The molecule has 1 amide bonds. The summed E-state index contributed by atoms with van der Waals surface area (Å²) in [4.78, 5) is 22.1. The molecule has 1 aromatic heterocycles. The summed E-state index contributed by atoms with van der Waals surface area (Å²) in [6, 6.07) is 7.91. The molecule has 1 aliphatic heterocycles. The van der Waals surface area contributed by atoms with Gasteiger partial charge in [0.05, 0.1) is 19.4 Å². The van der Waals surface area contributed by atoms with Crippen LogP contribution in [0.15, 0.2) is 30.5 Å². The molecular formula is C16H20N6O2. The zero-order valence-corrected chi connectivity index (χ0v) is 13.5. The fourth-order valence-corrected chi connectivity index (χ4v) is 2.49. The largest absolute Gasteiger partial charge is 0.378 e. The highest BCUT2D eigenvalue weighted by molar-refractivity contribution is 5.96. The van der Waals surface area contributed by atoms with E-state index in [4.69, 9.17) is 10.5 Å². The van der Waals surface area contributed by atoms with E-state index in [2.05, 4.69) is 25.5 Å². The number of nitrogens with two attached hydrogens (primary N) is 1. The highest BCUT2D eigenvalue weighted by atomic mass is 16.5. The third-order valence-corrected chi connectivity index (χ3v) is 3.77. The third kappa shape index (κ3) is 3.54. The van der Waals surface area contributed by atoms with Crippen molar-refractivity contribution in [3.8, 4) is 0 Å². The number of aromatic nitrogens is 2. The first kappa shape index (κ1) is 16.0. The number of ether oxygens (including phenoxy) is 1. The van der Waals surface area contributed by atoms with E-state index in [0.29, 0.717) is 11.6 Å². The van der Waals surface area contributed by atoms with Crippen LogP contribution in [0.1, 0.15) is 10.5 Å². The molecule has 0 atom stereocenters. The van der Waals surface area contributed by atoms with E-state index in [-0.39, 0.29) is 5.69 Å². The first-order valence-corrected chi connectivity index (χ1v) is 7.72. The summed E-state index contributed by atoms with van der Waals surface area (Å²) in [6.07, 6.45) is 1.47. The van der Waals surface area contributed by atoms with Crippen molar-refractivity contribution in [2.45, 2.75) is 0 Å². The number of carbonyl (C=O) groups is 1. The molecular weight excluding hydrogens is 308 g/mol. The fourth-order valence-electron chi connectivity index (χ4n) is 2.49. The van der Waals surface area contributed by atoms with E-state index in [0.717, 1.165) is 37.7 Å². The Kier molecular flexibility index (Phi) is 4.76. The molecule has 2 heterocycles. The molecule has 1 fully saturated rings. The van der Waals surface area contributed by atoms with Gasteiger partial charge in [-0.25, -0.2) is 9.97 Å². The van der Waals surface area contributed by atoms with Crippen LogP contribution in [0.2, 0.25) is 0 Å². The summed E-state index contributed by atoms with van der Waals surface area (Å²) in [5.74, 6) is 0.249. The van der Waals surface area contributed by atoms with Gasteiger partial charge in [0, 0.05) is 31.5 Å². The zero-order valence-electron chi connectivity index (χ0n) is 13.5. The Morgan fingerprint density at radius 2 is 1.96 bits per heavy atom. The van der Waals surface area contributed by atoms with Gasteiger partial charge < -0.3 is 26.0 Å². The van der Waals surface area contributed by atoms with Gasteiger partial charge in [-0.3, -0.25) is 4.79 Å². The van der Waals surface area contributed by atoms with Gasteiger partial charge in [0.25, 0.3) is 5.91 Å². The van der Waals surface area contributed by atoms with Gasteiger partial charge in [-0.05, 0) is 24.3 Å². The minimum atomic E-state index is -0.627. The number of nitrogens with one attached hydrogen (secondary N) is 2. The number of morpholine rings is 1. The number of carbonyl (C=O) groups excluding carboxylic acids is 1. The number of primary amides is 1. The Balaban J connectivity index is 1.79. The Morgan fingerprint density at radius 1 is 1.25 bits per heavy atom. The van der Waals surface area contributed by atoms with E-state index in [1.165, 1.54) is 6.20 Å². The van der Waals surface area contributed by atoms with Crippen molar-refractivity contribution in [3.05, 3.63) is 36.2 Å². The predicted molar refractivity (Wildman–Crippen MR) is 92.9 cm³/mol. The molecule has 4 N–H and O–H groups in total. The van der Waals surface area contributed by atoms with Crippen LogP contribution in [0.5, 0.6) is 0 Å². The van der Waals surface area contributed by atoms with Crippen molar-refractivity contribution < 1.29 is 9.53 Å². The maximum atomic E-state index is 11.5. The Bertz CT molecular complexity index is 713. The Hall–Kier alpha value is -2.87. The molecule has 8 nitrogen and oxygen atoms in total. The van der Waals surface area contributed by atoms with E-state index in [9.17, 15) is 4.79 Å². The number of rotatable bonds is 5. The normalized spacial score (nSPS) is 14.3. The minimum Gasteiger partial charge on any atom is -0.378 e. The highest BCUT2D eigenvalue weighted by Crippen LogP contribution is 2.23. The quantitative estimate of drug-likeness (QED) is 0.757. The topological polar surface area (TPSA) is 105 Å². The van der Waals surface area contributed by atoms with Crippen LogP contribution in [0.25, 0.3) is 0 Å². The van der Waals surface area contributed by atoms with E-state index in [1.54, 1.807) is 7.05 Å². The van der Waals surface area contributed by atoms with Crippen molar-refractivity contribution in [3.63, 3.8) is 0 Å². The second kappa shape index (κ2) is 7.14. The lowest BCUT2D eigenvalue weighted by atomic mass is 10.2. The monoisotopic (exact) mass is 328 g/mol. The van der Waals surface area contributed by atoms with Crippen LogP contribution in [0.4, 0.5) is 23.0 Å². The maximum Gasteiger partial charge on any atom is 0.271 e. The minimum absolute atomic E-state index is 0.103. The standard InChI is InChI=1S/C16H20N6O2/c1-18-13-10-19-14(15(17)23)16(21-13)20-11-2-4-12(5-3-11)22-6-8-24-9-7-22/h2-5,10H,6-9H2,1H3,(H2,17,23)(H2,18,20,21). The average Bonchev–Trinajstić information content (AvgIpc) is 2.63.